The van der Waals surface area contributed by atoms with E-state index in [0.717, 1.165) is 32.4 Å². The lowest BCUT2D eigenvalue weighted by Gasteiger charge is -2.24. The van der Waals surface area contributed by atoms with Crippen molar-refractivity contribution in [2.24, 2.45) is 11.1 Å². The minimum Gasteiger partial charge on any atom is -0.395 e. The highest BCUT2D eigenvalue weighted by Gasteiger charge is 2.14. The topological polar surface area (TPSA) is 69.7 Å². The third-order valence-electron chi connectivity index (χ3n) is 2.96. The first kappa shape index (κ1) is 15.8. The first-order chi connectivity index (χ1) is 7.55. The SMILES string of the molecule is CC(C)(CN)CCCCN(CCO)CCO. The van der Waals surface area contributed by atoms with E-state index < -0.39 is 0 Å². The van der Waals surface area contributed by atoms with Gasteiger partial charge in [-0.1, -0.05) is 20.3 Å². The lowest BCUT2D eigenvalue weighted by Crippen LogP contribution is -2.31. The van der Waals surface area contributed by atoms with Crippen LogP contribution in [0, 0.1) is 5.41 Å². The van der Waals surface area contributed by atoms with Gasteiger partial charge in [0.15, 0.2) is 0 Å². The average molecular weight is 232 g/mol. The van der Waals surface area contributed by atoms with E-state index in [-0.39, 0.29) is 18.6 Å². The van der Waals surface area contributed by atoms with E-state index in [9.17, 15) is 0 Å². The van der Waals surface area contributed by atoms with E-state index in [1.165, 1.54) is 0 Å². The van der Waals surface area contributed by atoms with E-state index in [4.69, 9.17) is 15.9 Å². The molecule has 4 heteroatoms. The number of aliphatic hydroxyl groups is 2. The number of rotatable bonds is 10. The van der Waals surface area contributed by atoms with Gasteiger partial charge in [0.1, 0.15) is 0 Å². The van der Waals surface area contributed by atoms with Crippen molar-refractivity contribution in [3.05, 3.63) is 0 Å². The summed E-state index contributed by atoms with van der Waals surface area (Å²) in [6.45, 7) is 7.68. The van der Waals surface area contributed by atoms with Crippen LogP contribution in [0.25, 0.3) is 0 Å². The molecular formula is C12H28N2O2. The Balaban J connectivity index is 3.61. The van der Waals surface area contributed by atoms with Gasteiger partial charge in [0.25, 0.3) is 0 Å². The maximum absolute atomic E-state index is 8.85. The van der Waals surface area contributed by atoms with Crippen LogP contribution < -0.4 is 5.73 Å². The summed E-state index contributed by atoms with van der Waals surface area (Å²) in [5, 5.41) is 17.7. The monoisotopic (exact) mass is 232 g/mol. The molecule has 0 atom stereocenters. The van der Waals surface area contributed by atoms with Crippen LogP contribution in [-0.4, -0.2) is 54.5 Å². The minimum absolute atomic E-state index is 0.161. The first-order valence-corrected chi connectivity index (χ1v) is 6.20. The maximum Gasteiger partial charge on any atom is 0.0558 e. The van der Waals surface area contributed by atoms with Crippen LogP contribution in [-0.2, 0) is 0 Å². The number of nitrogens with two attached hydrogens (primary N) is 1. The molecule has 0 fully saturated rings. The number of unbranched alkanes of at least 4 members (excludes halogenated alkanes) is 1. The van der Waals surface area contributed by atoms with E-state index in [0.29, 0.717) is 13.1 Å². The summed E-state index contributed by atoms with van der Waals surface area (Å²) in [4.78, 5) is 2.09. The highest BCUT2D eigenvalue weighted by molar-refractivity contribution is 4.69. The molecule has 0 aliphatic heterocycles. The second-order valence-corrected chi connectivity index (χ2v) is 5.11. The molecule has 0 spiro atoms. The molecule has 0 unspecified atom stereocenters. The highest BCUT2D eigenvalue weighted by Crippen LogP contribution is 2.21. The predicted octanol–water partition coefficient (Wildman–Crippen LogP) is 0.428. The Kier molecular flexibility index (Phi) is 8.84. The molecule has 16 heavy (non-hydrogen) atoms. The van der Waals surface area contributed by atoms with Gasteiger partial charge >= 0.3 is 0 Å². The van der Waals surface area contributed by atoms with Gasteiger partial charge in [-0.25, -0.2) is 0 Å². The first-order valence-electron chi connectivity index (χ1n) is 6.20. The Morgan fingerprint density at radius 3 is 2.00 bits per heavy atom. The largest absolute Gasteiger partial charge is 0.395 e. The third kappa shape index (κ3) is 8.05. The molecule has 0 heterocycles. The Labute approximate surface area is 99.4 Å². The van der Waals surface area contributed by atoms with E-state index >= 15 is 0 Å². The van der Waals surface area contributed by atoms with E-state index in [1.54, 1.807) is 0 Å². The van der Waals surface area contributed by atoms with Gasteiger partial charge in [-0.15, -0.1) is 0 Å². The predicted molar refractivity (Wildman–Crippen MR) is 67.3 cm³/mol. The number of hydrogen-bond donors (Lipinski definition) is 3. The quantitative estimate of drug-likeness (QED) is 0.478. The summed E-state index contributed by atoms with van der Waals surface area (Å²) < 4.78 is 0. The van der Waals surface area contributed by atoms with Crippen molar-refractivity contribution in [2.75, 3.05) is 39.4 Å². The molecule has 0 saturated carbocycles. The zero-order chi connectivity index (χ0) is 12.4. The van der Waals surface area contributed by atoms with Crippen molar-refractivity contribution >= 4 is 0 Å². The maximum atomic E-state index is 8.85. The summed E-state index contributed by atoms with van der Waals surface area (Å²) in [5.41, 5.74) is 5.90. The van der Waals surface area contributed by atoms with Crippen molar-refractivity contribution in [1.82, 2.24) is 4.90 Å². The molecule has 0 bridgehead atoms. The minimum atomic E-state index is 0.161. The lowest BCUT2D eigenvalue weighted by atomic mass is 9.87. The Morgan fingerprint density at radius 2 is 1.56 bits per heavy atom. The van der Waals surface area contributed by atoms with Crippen molar-refractivity contribution in [3.63, 3.8) is 0 Å². The standard InChI is InChI=1S/C12H28N2O2/c1-12(2,11-13)5-3-4-6-14(7-9-15)8-10-16/h15-16H,3-11,13H2,1-2H3. The molecular weight excluding hydrogens is 204 g/mol. The van der Waals surface area contributed by atoms with Gasteiger partial charge in [-0.2, -0.15) is 0 Å². The normalized spacial score (nSPS) is 12.4. The van der Waals surface area contributed by atoms with Crippen LogP contribution in [0.2, 0.25) is 0 Å². The van der Waals surface area contributed by atoms with Crippen LogP contribution in [0.15, 0.2) is 0 Å². The average Bonchev–Trinajstić information content (AvgIpc) is 2.25. The summed E-state index contributed by atoms with van der Waals surface area (Å²) in [7, 11) is 0. The zero-order valence-electron chi connectivity index (χ0n) is 10.8. The molecule has 0 radical (unpaired) electrons. The molecule has 98 valence electrons. The lowest BCUT2D eigenvalue weighted by molar-refractivity contribution is 0.157. The van der Waals surface area contributed by atoms with Crippen LogP contribution >= 0.6 is 0 Å². The molecule has 0 aromatic heterocycles. The summed E-state index contributed by atoms with van der Waals surface area (Å²) >= 11 is 0. The second kappa shape index (κ2) is 8.93. The fraction of sp³-hybridized carbons (Fsp3) is 1.00. The molecule has 0 aliphatic rings. The third-order valence-corrected chi connectivity index (χ3v) is 2.96. The summed E-state index contributed by atoms with van der Waals surface area (Å²) in [6, 6.07) is 0. The van der Waals surface area contributed by atoms with Gasteiger partial charge < -0.3 is 15.9 Å². The fourth-order valence-corrected chi connectivity index (χ4v) is 1.66. The van der Waals surface area contributed by atoms with Crippen molar-refractivity contribution in [3.8, 4) is 0 Å². The summed E-state index contributed by atoms with van der Waals surface area (Å²) in [6.07, 6.45) is 3.39. The molecule has 4 nitrogen and oxygen atoms in total. The van der Waals surface area contributed by atoms with Crippen molar-refractivity contribution in [1.29, 1.82) is 0 Å². The molecule has 0 aliphatic carbocycles. The van der Waals surface area contributed by atoms with E-state index in [1.807, 2.05) is 0 Å². The van der Waals surface area contributed by atoms with Gasteiger partial charge in [-0.05, 0) is 31.3 Å². The Hall–Kier alpha value is -0.160. The van der Waals surface area contributed by atoms with Gasteiger partial charge in [0.05, 0.1) is 13.2 Å². The van der Waals surface area contributed by atoms with Crippen LogP contribution in [0.4, 0.5) is 0 Å². The Bertz CT molecular complexity index is 157. The zero-order valence-corrected chi connectivity index (χ0v) is 10.8. The molecule has 0 aromatic carbocycles. The van der Waals surface area contributed by atoms with Crippen molar-refractivity contribution in [2.45, 2.75) is 33.1 Å². The van der Waals surface area contributed by atoms with Gasteiger partial charge in [-0.3, -0.25) is 4.90 Å². The van der Waals surface area contributed by atoms with Gasteiger partial charge in [0.2, 0.25) is 0 Å². The molecule has 4 N–H and O–H groups in total. The number of nitrogens with zero attached hydrogens (tertiary/aromatic N) is 1. The highest BCUT2D eigenvalue weighted by atomic mass is 16.3. The van der Waals surface area contributed by atoms with Crippen molar-refractivity contribution < 1.29 is 10.2 Å². The van der Waals surface area contributed by atoms with Gasteiger partial charge in [0, 0.05) is 13.1 Å². The molecule has 0 aromatic rings. The van der Waals surface area contributed by atoms with E-state index in [2.05, 4.69) is 18.7 Å². The molecule has 0 amide bonds. The van der Waals surface area contributed by atoms with Crippen LogP contribution in [0.5, 0.6) is 0 Å². The smallest absolute Gasteiger partial charge is 0.0558 e. The number of hydrogen-bond acceptors (Lipinski definition) is 4. The van der Waals surface area contributed by atoms with Crippen LogP contribution in [0.3, 0.4) is 0 Å². The summed E-state index contributed by atoms with van der Waals surface area (Å²) in [5.74, 6) is 0. The fourth-order valence-electron chi connectivity index (χ4n) is 1.66. The van der Waals surface area contributed by atoms with Crippen LogP contribution in [0.1, 0.15) is 33.1 Å². The molecule has 0 saturated heterocycles. The number of aliphatic hydroxyl groups excluding tert-OH is 2. The second-order valence-electron chi connectivity index (χ2n) is 5.11. The Morgan fingerprint density at radius 1 is 1.00 bits per heavy atom. The molecule has 0 rings (SSSR count).